The second-order valence-corrected chi connectivity index (χ2v) is 9.99. The van der Waals surface area contributed by atoms with Gasteiger partial charge in [0, 0.05) is 45.1 Å². The molecule has 0 saturated carbocycles. The van der Waals surface area contributed by atoms with Crippen LogP contribution >= 0.6 is 0 Å². The summed E-state index contributed by atoms with van der Waals surface area (Å²) in [6.07, 6.45) is 4.00. The van der Waals surface area contributed by atoms with Crippen molar-refractivity contribution in [1.29, 1.82) is 0 Å². The van der Waals surface area contributed by atoms with Crippen LogP contribution in [-0.4, -0.2) is 9.55 Å². The summed E-state index contributed by atoms with van der Waals surface area (Å²) in [5, 5.41) is 8.34. The zero-order valence-corrected chi connectivity index (χ0v) is 21.1. The normalized spacial score (nSPS) is 11.9. The van der Waals surface area contributed by atoms with E-state index in [4.69, 9.17) is 9.40 Å². The Morgan fingerprint density at radius 1 is 0.711 bits per heavy atom. The predicted octanol–water partition coefficient (Wildman–Crippen LogP) is 8.03. The lowest BCUT2D eigenvalue weighted by Gasteiger charge is -2.11. The average Bonchev–Trinajstić information content (AvgIpc) is 3.47. The number of aryl methyl sites for hydroxylation is 2. The standard InChI is InChI=1S/C34H24N3O/c1-21-24-8-4-6-12-31(24)38-33(21)32-28-15-13-22-20-23(14-16-25(22)26(28)17-19-36(32)2)37-30-11-5-3-9-27(30)29-10-7-18-35-34(29)37/h3-20H,1-2H3/q+1. The molecule has 0 aliphatic carbocycles. The Balaban J connectivity index is 1.38. The molecule has 4 aromatic carbocycles. The summed E-state index contributed by atoms with van der Waals surface area (Å²) in [5.74, 6) is 0.923. The van der Waals surface area contributed by atoms with E-state index < -0.39 is 0 Å². The number of nitrogens with zero attached hydrogens (tertiary/aromatic N) is 3. The van der Waals surface area contributed by atoms with Gasteiger partial charge in [0.25, 0.3) is 5.69 Å². The minimum Gasteiger partial charge on any atom is -0.449 e. The van der Waals surface area contributed by atoms with Crippen molar-refractivity contribution >= 4 is 54.5 Å². The van der Waals surface area contributed by atoms with E-state index in [1.807, 2.05) is 24.4 Å². The summed E-state index contributed by atoms with van der Waals surface area (Å²) < 4.78 is 10.8. The molecule has 0 radical (unpaired) electrons. The number of fused-ring (bicyclic) bond motifs is 7. The van der Waals surface area contributed by atoms with Gasteiger partial charge in [0.15, 0.2) is 6.20 Å². The van der Waals surface area contributed by atoms with E-state index in [1.54, 1.807) is 0 Å². The largest absolute Gasteiger partial charge is 0.449 e. The van der Waals surface area contributed by atoms with E-state index in [0.29, 0.717) is 0 Å². The highest BCUT2D eigenvalue weighted by atomic mass is 16.3. The first-order valence-corrected chi connectivity index (χ1v) is 12.9. The summed E-state index contributed by atoms with van der Waals surface area (Å²) in [7, 11) is 2.09. The molecule has 4 heteroatoms. The van der Waals surface area contributed by atoms with Gasteiger partial charge in [-0.15, -0.1) is 0 Å². The molecule has 0 spiro atoms. The molecule has 0 unspecified atom stereocenters. The summed E-state index contributed by atoms with van der Waals surface area (Å²) in [5.41, 5.74) is 6.42. The minimum atomic E-state index is 0.919. The second kappa shape index (κ2) is 7.77. The Morgan fingerprint density at radius 2 is 1.50 bits per heavy atom. The molecular formula is C34H24N3O+. The van der Waals surface area contributed by atoms with Crippen molar-refractivity contribution in [2.75, 3.05) is 0 Å². The second-order valence-electron chi connectivity index (χ2n) is 9.99. The van der Waals surface area contributed by atoms with Crippen LogP contribution in [0, 0.1) is 6.92 Å². The van der Waals surface area contributed by atoms with E-state index >= 15 is 0 Å². The van der Waals surface area contributed by atoms with Crippen molar-refractivity contribution in [1.82, 2.24) is 9.55 Å². The first-order valence-electron chi connectivity index (χ1n) is 12.9. The van der Waals surface area contributed by atoms with Gasteiger partial charge in [0.2, 0.25) is 5.76 Å². The molecule has 8 aromatic rings. The van der Waals surface area contributed by atoms with E-state index in [1.165, 1.54) is 32.3 Å². The summed E-state index contributed by atoms with van der Waals surface area (Å²) in [6.45, 7) is 2.15. The summed E-state index contributed by atoms with van der Waals surface area (Å²) in [4.78, 5) is 4.76. The van der Waals surface area contributed by atoms with Crippen molar-refractivity contribution in [3.05, 3.63) is 115 Å². The van der Waals surface area contributed by atoms with Crippen LogP contribution in [0.15, 0.2) is 114 Å². The highest BCUT2D eigenvalue weighted by molar-refractivity contribution is 6.12. The third-order valence-electron chi connectivity index (χ3n) is 7.87. The number of furan rings is 1. The van der Waals surface area contributed by atoms with Crippen LogP contribution in [0.25, 0.3) is 71.6 Å². The zero-order chi connectivity index (χ0) is 25.4. The first kappa shape index (κ1) is 21.2. The number of pyridine rings is 2. The molecule has 0 bridgehead atoms. The topological polar surface area (TPSA) is 34.8 Å². The molecule has 180 valence electrons. The Kier molecular flexibility index (Phi) is 4.32. The van der Waals surface area contributed by atoms with Crippen LogP contribution in [0.1, 0.15) is 5.56 Å². The lowest BCUT2D eigenvalue weighted by molar-refractivity contribution is -0.659. The number of hydrogen-bond acceptors (Lipinski definition) is 2. The summed E-state index contributed by atoms with van der Waals surface area (Å²) >= 11 is 0. The number of aromatic nitrogens is 3. The van der Waals surface area contributed by atoms with Crippen LogP contribution in [-0.2, 0) is 7.05 Å². The SMILES string of the molecule is Cc1c(-c2c3ccc4cc(-n5c6ccccc6c6cccnc65)ccc4c3cc[n+]2C)oc2ccccc12. The highest BCUT2D eigenvalue weighted by Crippen LogP contribution is 2.38. The highest BCUT2D eigenvalue weighted by Gasteiger charge is 2.23. The lowest BCUT2D eigenvalue weighted by Crippen LogP contribution is -2.30. The Labute approximate surface area is 219 Å². The van der Waals surface area contributed by atoms with Gasteiger partial charge in [-0.3, -0.25) is 4.57 Å². The van der Waals surface area contributed by atoms with Gasteiger partial charge in [-0.25, -0.2) is 4.98 Å². The van der Waals surface area contributed by atoms with Crippen molar-refractivity contribution in [3.8, 4) is 17.1 Å². The predicted molar refractivity (Wildman–Crippen MR) is 155 cm³/mol. The number of hydrogen-bond donors (Lipinski definition) is 0. The van der Waals surface area contributed by atoms with Crippen molar-refractivity contribution in [3.63, 3.8) is 0 Å². The molecule has 38 heavy (non-hydrogen) atoms. The van der Waals surface area contributed by atoms with Gasteiger partial charge in [0.1, 0.15) is 18.3 Å². The number of rotatable bonds is 2. The third kappa shape index (κ3) is 2.86. The van der Waals surface area contributed by atoms with Crippen LogP contribution < -0.4 is 4.57 Å². The van der Waals surface area contributed by atoms with Crippen molar-refractivity contribution in [2.24, 2.45) is 7.05 Å². The van der Waals surface area contributed by atoms with Gasteiger partial charge < -0.3 is 4.42 Å². The molecule has 0 amide bonds. The average molecular weight is 491 g/mol. The molecule has 0 saturated heterocycles. The molecule has 4 heterocycles. The lowest BCUT2D eigenvalue weighted by atomic mass is 9.99. The fraction of sp³-hybridized carbons (Fsp3) is 0.0588. The maximum atomic E-state index is 6.40. The molecule has 4 nitrogen and oxygen atoms in total. The Bertz CT molecular complexity index is 2160. The third-order valence-corrected chi connectivity index (χ3v) is 7.87. The Hall–Kier alpha value is -4.96. The van der Waals surface area contributed by atoms with Crippen LogP contribution in [0.4, 0.5) is 0 Å². The van der Waals surface area contributed by atoms with Gasteiger partial charge >= 0.3 is 0 Å². The zero-order valence-electron chi connectivity index (χ0n) is 21.1. The van der Waals surface area contributed by atoms with Gasteiger partial charge in [-0.2, -0.15) is 4.57 Å². The van der Waals surface area contributed by atoms with Gasteiger partial charge in [0.05, 0.1) is 10.9 Å². The molecular weight excluding hydrogens is 466 g/mol. The summed E-state index contributed by atoms with van der Waals surface area (Å²) in [6, 6.07) is 34.3. The van der Waals surface area contributed by atoms with Crippen LogP contribution in [0.3, 0.4) is 0 Å². The van der Waals surface area contributed by atoms with E-state index in [2.05, 4.69) is 108 Å². The molecule has 0 aliphatic rings. The Morgan fingerprint density at radius 3 is 2.39 bits per heavy atom. The van der Waals surface area contributed by atoms with Crippen LogP contribution in [0.2, 0.25) is 0 Å². The first-order chi connectivity index (χ1) is 18.7. The van der Waals surface area contributed by atoms with Gasteiger partial charge in [-0.1, -0.05) is 48.5 Å². The molecule has 0 fully saturated rings. The fourth-order valence-corrected chi connectivity index (χ4v) is 6.06. The monoisotopic (exact) mass is 490 g/mol. The quantitative estimate of drug-likeness (QED) is 0.182. The number of para-hydroxylation sites is 2. The molecule has 0 aliphatic heterocycles. The van der Waals surface area contributed by atoms with E-state index in [0.717, 1.165) is 44.8 Å². The van der Waals surface area contributed by atoms with E-state index in [9.17, 15) is 0 Å². The maximum absolute atomic E-state index is 6.40. The molecule has 0 N–H and O–H groups in total. The maximum Gasteiger partial charge on any atom is 0.256 e. The number of benzene rings is 4. The van der Waals surface area contributed by atoms with E-state index in [-0.39, 0.29) is 0 Å². The fourth-order valence-electron chi connectivity index (χ4n) is 6.06. The molecule has 8 rings (SSSR count). The minimum absolute atomic E-state index is 0.919. The van der Waals surface area contributed by atoms with Crippen LogP contribution in [0.5, 0.6) is 0 Å². The van der Waals surface area contributed by atoms with Crippen molar-refractivity contribution < 1.29 is 8.98 Å². The molecule has 4 aromatic heterocycles. The smallest absolute Gasteiger partial charge is 0.256 e. The van der Waals surface area contributed by atoms with Crippen molar-refractivity contribution in [2.45, 2.75) is 6.92 Å². The van der Waals surface area contributed by atoms with Gasteiger partial charge in [-0.05, 0) is 60.2 Å². The molecule has 0 atom stereocenters.